The normalized spacial score (nSPS) is 16.5. The maximum Gasteiger partial charge on any atom is 0.270 e. The zero-order valence-corrected chi connectivity index (χ0v) is 24.9. The summed E-state index contributed by atoms with van der Waals surface area (Å²) in [6, 6.07) is 11.3. The predicted molar refractivity (Wildman–Crippen MR) is 169 cm³/mol. The van der Waals surface area contributed by atoms with E-state index in [-0.39, 0.29) is 23.3 Å². The van der Waals surface area contributed by atoms with Gasteiger partial charge in [0.2, 0.25) is 5.96 Å². The summed E-state index contributed by atoms with van der Waals surface area (Å²) in [5.74, 6) is -0.691. The number of carbonyl (C=O) groups is 1. The number of non-ortho nitro benzene ring substituents is 1. The second kappa shape index (κ2) is 19.9. The minimum absolute atomic E-state index is 0.137. The fourth-order valence-corrected chi connectivity index (χ4v) is 4.07. The van der Waals surface area contributed by atoms with E-state index in [1.165, 1.54) is 74.1 Å². The summed E-state index contributed by atoms with van der Waals surface area (Å²) in [7, 11) is 0. The number of halogens is 1. The highest BCUT2D eigenvalue weighted by Crippen LogP contribution is 2.20. The van der Waals surface area contributed by atoms with Crippen LogP contribution in [0.3, 0.4) is 0 Å². The molecule has 1 atom stereocenters. The molecule has 7 nitrogen and oxygen atoms in total. The van der Waals surface area contributed by atoms with E-state index in [1.54, 1.807) is 17.0 Å². The van der Waals surface area contributed by atoms with Gasteiger partial charge in [-0.15, -0.1) is 13.2 Å². The van der Waals surface area contributed by atoms with E-state index in [4.69, 9.17) is 4.99 Å². The minimum atomic E-state index is -0.547. The maximum absolute atomic E-state index is 14.1. The Morgan fingerprint density at radius 1 is 1.10 bits per heavy atom. The SMILES string of the molecule is C=C.CCC.CCCCCCCC1=C/C(C)N=C(NC(=O)c2cccc([N+](=O)[O-])c2)N(c2cccc(F)c2)C/C=C\1. The average Bonchev–Trinajstić information content (AvgIpc) is 3.03. The third kappa shape index (κ3) is 12.8. The Balaban J connectivity index is 0.00000157. The summed E-state index contributed by atoms with van der Waals surface area (Å²) in [4.78, 5) is 30.1. The topological polar surface area (TPSA) is 87.8 Å². The molecule has 8 heteroatoms. The van der Waals surface area contributed by atoms with Gasteiger partial charge in [0.15, 0.2) is 0 Å². The van der Waals surface area contributed by atoms with Crippen molar-refractivity contribution in [1.82, 2.24) is 5.32 Å². The van der Waals surface area contributed by atoms with E-state index in [1.807, 2.05) is 13.0 Å². The van der Waals surface area contributed by atoms with Gasteiger partial charge < -0.3 is 4.90 Å². The van der Waals surface area contributed by atoms with Gasteiger partial charge in [0.25, 0.3) is 11.6 Å². The molecular formula is C33H45FN4O3. The van der Waals surface area contributed by atoms with E-state index in [9.17, 15) is 19.3 Å². The van der Waals surface area contributed by atoms with Crippen molar-refractivity contribution in [2.45, 2.75) is 78.7 Å². The zero-order valence-electron chi connectivity index (χ0n) is 24.9. The zero-order chi connectivity index (χ0) is 30.6. The molecule has 0 aromatic heterocycles. The quantitative estimate of drug-likeness (QED) is 0.143. The molecule has 0 fully saturated rings. The van der Waals surface area contributed by atoms with Crippen LogP contribution in [0.5, 0.6) is 0 Å². The number of hydrogen-bond acceptors (Lipinski definition) is 5. The number of nitro groups is 1. The Labute approximate surface area is 244 Å². The lowest BCUT2D eigenvalue weighted by atomic mass is 10.0. The van der Waals surface area contributed by atoms with E-state index in [0.29, 0.717) is 12.2 Å². The van der Waals surface area contributed by atoms with Crippen molar-refractivity contribution in [3.05, 3.63) is 107 Å². The number of nitro benzene ring substituents is 1. The molecule has 0 saturated carbocycles. The van der Waals surface area contributed by atoms with Gasteiger partial charge in [-0.25, -0.2) is 9.38 Å². The van der Waals surface area contributed by atoms with Crippen LogP contribution in [0.25, 0.3) is 0 Å². The summed E-state index contributed by atoms with van der Waals surface area (Å²) in [5.41, 5.74) is 1.67. The molecule has 0 bridgehead atoms. The van der Waals surface area contributed by atoms with Crippen LogP contribution in [-0.4, -0.2) is 29.4 Å². The number of benzene rings is 2. The molecule has 1 aliphatic heterocycles. The first-order valence-electron chi connectivity index (χ1n) is 14.3. The first kappa shape index (κ1) is 35.0. The molecule has 0 aliphatic carbocycles. The molecule has 0 saturated heterocycles. The number of guanidine groups is 1. The van der Waals surface area contributed by atoms with E-state index < -0.39 is 16.6 Å². The standard InChI is InChI=1S/C28H33FN4O3.C3H8.C2H4/c1-3-4-5-6-7-11-22-12-10-17-32(25-15-9-14-24(29)20-25)28(30-21(2)18-22)31-27(34)23-13-8-16-26(19-23)33(35)36;1-3-2;1-2/h8-10,12-16,18-21H,3-7,11,17H2,1-2H3,(H,30,31,34);3H2,1-2H3;1-2H2/b12-10-,22-18-;;. The number of anilines is 1. The van der Waals surface area contributed by atoms with Gasteiger partial charge >= 0.3 is 0 Å². The first-order valence-corrected chi connectivity index (χ1v) is 14.3. The Bertz CT molecular complexity index is 1190. The highest BCUT2D eigenvalue weighted by molar-refractivity contribution is 6.11. The van der Waals surface area contributed by atoms with Crippen LogP contribution in [0.15, 0.2) is 90.5 Å². The summed E-state index contributed by atoms with van der Waals surface area (Å²) in [6.07, 6.45) is 14.3. The number of nitrogens with zero attached hydrogens (tertiary/aromatic N) is 3. The number of amides is 1. The van der Waals surface area contributed by atoms with E-state index in [2.05, 4.69) is 51.4 Å². The van der Waals surface area contributed by atoms with E-state index in [0.717, 1.165) is 12.8 Å². The van der Waals surface area contributed by atoms with E-state index >= 15 is 0 Å². The average molecular weight is 565 g/mol. The Morgan fingerprint density at radius 3 is 2.44 bits per heavy atom. The predicted octanol–water partition coefficient (Wildman–Crippen LogP) is 8.79. The van der Waals surface area contributed by atoms with Crippen molar-refractivity contribution in [1.29, 1.82) is 0 Å². The first-order chi connectivity index (χ1) is 19.8. The lowest BCUT2D eigenvalue weighted by Gasteiger charge is -2.26. The summed E-state index contributed by atoms with van der Waals surface area (Å²) in [6.45, 7) is 14.7. The number of hydrogen-bond donors (Lipinski definition) is 1. The Kier molecular flexibility index (Phi) is 17.0. The van der Waals surface area contributed by atoms with Crippen molar-refractivity contribution in [3.8, 4) is 0 Å². The molecular weight excluding hydrogens is 519 g/mol. The second-order valence-electron chi connectivity index (χ2n) is 9.56. The lowest BCUT2D eigenvalue weighted by Crippen LogP contribution is -2.45. The highest BCUT2D eigenvalue weighted by Gasteiger charge is 2.20. The molecule has 2 aromatic rings. The highest BCUT2D eigenvalue weighted by atomic mass is 19.1. The van der Waals surface area contributed by atoms with Gasteiger partial charge in [0, 0.05) is 29.9 Å². The van der Waals surface area contributed by atoms with Gasteiger partial charge in [-0.05, 0) is 44.0 Å². The molecule has 1 amide bonds. The Morgan fingerprint density at radius 2 is 1.78 bits per heavy atom. The van der Waals surface area contributed by atoms with Crippen LogP contribution >= 0.6 is 0 Å². The molecule has 222 valence electrons. The van der Waals surface area contributed by atoms with Gasteiger partial charge in [0.1, 0.15) is 5.82 Å². The third-order valence-electron chi connectivity index (χ3n) is 5.89. The van der Waals surface area contributed by atoms with Gasteiger partial charge in [-0.3, -0.25) is 20.2 Å². The van der Waals surface area contributed by atoms with Crippen molar-refractivity contribution in [3.63, 3.8) is 0 Å². The van der Waals surface area contributed by atoms with Crippen molar-refractivity contribution >= 4 is 23.2 Å². The van der Waals surface area contributed by atoms with Crippen LogP contribution < -0.4 is 10.2 Å². The molecule has 41 heavy (non-hydrogen) atoms. The number of unbranched alkanes of at least 4 members (excludes halogenated alkanes) is 4. The van der Waals surface area contributed by atoms with Gasteiger partial charge in [0.05, 0.1) is 11.0 Å². The summed E-state index contributed by atoms with van der Waals surface area (Å²) in [5, 5.41) is 14.0. The maximum atomic E-state index is 14.1. The molecule has 1 heterocycles. The number of nitrogens with one attached hydrogen (secondary N) is 1. The smallest absolute Gasteiger partial charge is 0.270 e. The molecule has 2 aromatic carbocycles. The molecule has 1 aliphatic rings. The summed E-state index contributed by atoms with van der Waals surface area (Å²) < 4.78 is 14.1. The van der Waals surface area contributed by atoms with Crippen LogP contribution in [0.4, 0.5) is 15.8 Å². The molecule has 3 rings (SSSR count). The van der Waals surface area contributed by atoms with Crippen LogP contribution in [0.1, 0.15) is 83.0 Å². The fraction of sp³-hybridized carbons (Fsp3) is 0.394. The fourth-order valence-electron chi connectivity index (χ4n) is 4.07. The second-order valence-corrected chi connectivity index (χ2v) is 9.56. The molecule has 0 spiro atoms. The Hall–Kier alpha value is -4.07. The van der Waals surface area contributed by atoms with Crippen LogP contribution in [0, 0.1) is 15.9 Å². The third-order valence-corrected chi connectivity index (χ3v) is 5.89. The number of aliphatic imine (C=N–C) groups is 1. The van der Waals surface area contributed by atoms with Crippen molar-refractivity contribution < 1.29 is 14.1 Å². The van der Waals surface area contributed by atoms with Crippen molar-refractivity contribution in [2.75, 3.05) is 11.4 Å². The molecule has 1 unspecified atom stereocenters. The number of carbonyl (C=O) groups excluding carboxylic acids is 1. The van der Waals surface area contributed by atoms with Crippen LogP contribution in [0.2, 0.25) is 0 Å². The summed E-state index contributed by atoms with van der Waals surface area (Å²) >= 11 is 0. The number of rotatable bonds is 9. The monoisotopic (exact) mass is 564 g/mol. The molecule has 1 N–H and O–H groups in total. The van der Waals surface area contributed by atoms with Gasteiger partial charge in [-0.1, -0.05) is 88.8 Å². The van der Waals surface area contributed by atoms with Gasteiger partial charge in [-0.2, -0.15) is 0 Å². The molecule has 0 radical (unpaired) electrons. The van der Waals surface area contributed by atoms with Crippen molar-refractivity contribution in [2.24, 2.45) is 4.99 Å². The van der Waals surface area contributed by atoms with Crippen LogP contribution in [-0.2, 0) is 0 Å². The number of allylic oxidation sites excluding steroid dienone is 2. The lowest BCUT2D eigenvalue weighted by molar-refractivity contribution is -0.384. The largest absolute Gasteiger partial charge is 0.308 e. The minimum Gasteiger partial charge on any atom is -0.308 e.